The van der Waals surface area contributed by atoms with Crippen molar-refractivity contribution in [3.63, 3.8) is 0 Å². The lowest BCUT2D eigenvalue weighted by Gasteiger charge is -2.32. The number of hydrogen-bond donors (Lipinski definition) is 1. The van der Waals surface area contributed by atoms with E-state index in [-0.39, 0.29) is 18.3 Å². The first-order chi connectivity index (χ1) is 12.5. The van der Waals surface area contributed by atoms with E-state index in [0.717, 1.165) is 50.4 Å². The van der Waals surface area contributed by atoms with E-state index in [9.17, 15) is 4.79 Å². The summed E-state index contributed by atoms with van der Waals surface area (Å²) in [6.07, 6.45) is 2.01. The summed E-state index contributed by atoms with van der Waals surface area (Å²) in [5, 5.41) is 8.21. The number of amides is 1. The molecule has 3 rings (SSSR count). The maximum Gasteiger partial charge on any atom is 0.274 e. The third kappa shape index (κ3) is 5.00. The molecule has 2 aromatic rings. The minimum Gasteiger partial charge on any atom is -0.337 e. The molecule has 1 aliphatic rings. The van der Waals surface area contributed by atoms with Crippen molar-refractivity contribution in [2.45, 2.75) is 33.6 Å². The number of nitrogens with one attached hydrogen (secondary N) is 1. The van der Waals surface area contributed by atoms with Crippen LogP contribution in [0.5, 0.6) is 0 Å². The fraction of sp³-hybridized carbons (Fsp3) is 0.526. The molecule has 0 aromatic carbocycles. The Hall–Kier alpha value is -1.63. The van der Waals surface area contributed by atoms with E-state index in [1.54, 1.807) is 16.8 Å². The van der Waals surface area contributed by atoms with Crippen molar-refractivity contribution in [3.8, 4) is 5.82 Å². The summed E-state index contributed by atoms with van der Waals surface area (Å²) in [7, 11) is 0. The topological polar surface area (TPSA) is 63.1 Å². The Morgan fingerprint density at radius 2 is 2.00 bits per heavy atom. The number of halogens is 2. The number of likely N-dealkylation sites (tertiary alicyclic amines) is 1. The van der Waals surface area contributed by atoms with Crippen LogP contribution in [0.15, 0.2) is 18.2 Å². The number of nitrogens with zero attached hydrogens (tertiary/aromatic N) is 4. The Morgan fingerprint density at radius 1 is 1.30 bits per heavy atom. The molecule has 148 valence electrons. The van der Waals surface area contributed by atoms with Crippen molar-refractivity contribution in [3.05, 3.63) is 40.3 Å². The molecular formula is C19H27Cl2N5O. The third-order valence-electron chi connectivity index (χ3n) is 4.85. The van der Waals surface area contributed by atoms with Gasteiger partial charge in [0.05, 0.1) is 10.7 Å². The van der Waals surface area contributed by atoms with Gasteiger partial charge in [0.2, 0.25) is 0 Å². The van der Waals surface area contributed by atoms with Gasteiger partial charge in [-0.05, 0) is 63.9 Å². The standard InChI is InChI=1S/C19H26ClN5O.ClH/c1-4-21-12-15-7-9-24(10-8-15)19(26)18-16(20)5-6-17(22-18)25-14(3)11-13(2)23-25;/h5-6,11,15,21H,4,7-10,12H2,1-3H3;1H. The van der Waals surface area contributed by atoms with Gasteiger partial charge in [-0.2, -0.15) is 5.10 Å². The second-order valence-corrected chi connectivity index (χ2v) is 7.29. The van der Waals surface area contributed by atoms with Crippen LogP contribution in [-0.2, 0) is 0 Å². The van der Waals surface area contributed by atoms with Gasteiger partial charge in [0, 0.05) is 18.8 Å². The fourth-order valence-electron chi connectivity index (χ4n) is 3.40. The van der Waals surface area contributed by atoms with Crippen molar-refractivity contribution in [2.75, 3.05) is 26.2 Å². The SMILES string of the molecule is CCNCC1CCN(C(=O)c2nc(-n3nc(C)cc3C)ccc2Cl)CC1.Cl. The minimum atomic E-state index is -0.0970. The third-order valence-corrected chi connectivity index (χ3v) is 5.15. The van der Waals surface area contributed by atoms with Gasteiger partial charge in [0.25, 0.3) is 5.91 Å². The van der Waals surface area contributed by atoms with E-state index in [0.29, 0.717) is 22.5 Å². The number of aromatic nitrogens is 3. The molecule has 6 nitrogen and oxygen atoms in total. The van der Waals surface area contributed by atoms with Crippen LogP contribution in [-0.4, -0.2) is 51.8 Å². The van der Waals surface area contributed by atoms with Gasteiger partial charge in [0.1, 0.15) is 5.69 Å². The fourth-order valence-corrected chi connectivity index (χ4v) is 3.59. The lowest BCUT2D eigenvalue weighted by atomic mass is 9.96. The van der Waals surface area contributed by atoms with Gasteiger partial charge >= 0.3 is 0 Å². The van der Waals surface area contributed by atoms with E-state index in [1.165, 1.54) is 0 Å². The summed E-state index contributed by atoms with van der Waals surface area (Å²) < 4.78 is 1.74. The molecular weight excluding hydrogens is 385 g/mol. The highest BCUT2D eigenvalue weighted by Gasteiger charge is 2.26. The smallest absolute Gasteiger partial charge is 0.274 e. The van der Waals surface area contributed by atoms with Crippen molar-refractivity contribution in [2.24, 2.45) is 5.92 Å². The molecule has 1 aliphatic heterocycles. The number of rotatable bonds is 5. The van der Waals surface area contributed by atoms with Gasteiger partial charge < -0.3 is 10.2 Å². The lowest BCUT2D eigenvalue weighted by Crippen LogP contribution is -2.41. The highest BCUT2D eigenvalue weighted by Crippen LogP contribution is 2.22. The van der Waals surface area contributed by atoms with Crippen LogP contribution in [0.4, 0.5) is 0 Å². The zero-order valence-corrected chi connectivity index (χ0v) is 17.6. The first-order valence-corrected chi connectivity index (χ1v) is 9.57. The summed E-state index contributed by atoms with van der Waals surface area (Å²) in [6, 6.07) is 5.50. The molecule has 2 aromatic heterocycles. The van der Waals surface area contributed by atoms with Gasteiger partial charge in [-0.15, -0.1) is 12.4 Å². The van der Waals surface area contributed by atoms with Crippen molar-refractivity contribution < 1.29 is 4.79 Å². The molecule has 1 fully saturated rings. The molecule has 1 amide bonds. The normalized spacial score (nSPS) is 14.9. The van der Waals surface area contributed by atoms with Crippen LogP contribution < -0.4 is 5.32 Å². The van der Waals surface area contributed by atoms with Crippen LogP contribution in [0.3, 0.4) is 0 Å². The van der Waals surface area contributed by atoms with Crippen molar-refractivity contribution in [1.29, 1.82) is 0 Å². The number of aryl methyl sites for hydroxylation is 2. The maximum absolute atomic E-state index is 12.9. The Kier molecular flexibility index (Phi) is 7.65. The zero-order chi connectivity index (χ0) is 18.7. The van der Waals surface area contributed by atoms with Crippen molar-refractivity contribution in [1.82, 2.24) is 25.0 Å². The number of pyridine rings is 1. The summed E-state index contributed by atoms with van der Waals surface area (Å²) in [5.41, 5.74) is 2.19. The quantitative estimate of drug-likeness (QED) is 0.818. The summed E-state index contributed by atoms with van der Waals surface area (Å²) >= 11 is 6.29. The zero-order valence-electron chi connectivity index (χ0n) is 16.0. The molecule has 27 heavy (non-hydrogen) atoms. The van der Waals surface area contributed by atoms with Crippen LogP contribution in [0.2, 0.25) is 5.02 Å². The summed E-state index contributed by atoms with van der Waals surface area (Å²) in [5.74, 6) is 1.15. The van der Waals surface area contributed by atoms with Gasteiger partial charge in [-0.1, -0.05) is 18.5 Å². The molecule has 0 bridgehead atoms. The van der Waals surface area contributed by atoms with Crippen LogP contribution in [0, 0.1) is 19.8 Å². The molecule has 1 N–H and O–H groups in total. The molecule has 8 heteroatoms. The average molecular weight is 412 g/mol. The maximum atomic E-state index is 12.9. The monoisotopic (exact) mass is 411 g/mol. The van der Waals surface area contributed by atoms with Gasteiger partial charge in [-0.25, -0.2) is 9.67 Å². The number of piperidine rings is 1. The molecule has 0 saturated carbocycles. The Morgan fingerprint density at radius 3 is 2.59 bits per heavy atom. The number of hydrogen-bond acceptors (Lipinski definition) is 4. The molecule has 3 heterocycles. The molecule has 0 atom stereocenters. The molecule has 0 radical (unpaired) electrons. The predicted octanol–water partition coefficient (Wildman–Crippen LogP) is 3.42. The number of carbonyl (C=O) groups excluding carboxylic acids is 1. The average Bonchev–Trinajstić information content (AvgIpc) is 2.98. The largest absolute Gasteiger partial charge is 0.337 e. The predicted molar refractivity (Wildman–Crippen MR) is 110 cm³/mol. The van der Waals surface area contributed by atoms with Crippen LogP contribution >= 0.6 is 24.0 Å². The number of carbonyl (C=O) groups is 1. The first kappa shape index (κ1) is 21.7. The lowest BCUT2D eigenvalue weighted by molar-refractivity contribution is 0.0684. The van der Waals surface area contributed by atoms with E-state index >= 15 is 0 Å². The Labute approximate surface area is 171 Å². The second kappa shape index (κ2) is 9.53. The van der Waals surface area contributed by atoms with Crippen molar-refractivity contribution >= 4 is 29.9 Å². The van der Waals surface area contributed by atoms with E-state index in [1.807, 2.05) is 24.8 Å². The highest BCUT2D eigenvalue weighted by molar-refractivity contribution is 6.33. The van der Waals surface area contributed by atoms with E-state index < -0.39 is 0 Å². The summed E-state index contributed by atoms with van der Waals surface area (Å²) in [4.78, 5) is 19.3. The molecule has 0 spiro atoms. The molecule has 0 unspecified atom stereocenters. The highest BCUT2D eigenvalue weighted by atomic mass is 35.5. The summed E-state index contributed by atoms with van der Waals surface area (Å²) in [6.45, 7) is 9.51. The van der Waals surface area contributed by atoms with Crippen LogP contribution in [0.1, 0.15) is 41.6 Å². The molecule has 1 saturated heterocycles. The second-order valence-electron chi connectivity index (χ2n) is 6.88. The Bertz CT molecular complexity index is 784. The Balaban J connectivity index is 0.00000261. The van der Waals surface area contributed by atoms with Gasteiger partial charge in [0.15, 0.2) is 5.82 Å². The molecule has 0 aliphatic carbocycles. The first-order valence-electron chi connectivity index (χ1n) is 9.19. The van der Waals surface area contributed by atoms with Crippen LogP contribution in [0.25, 0.3) is 5.82 Å². The van der Waals surface area contributed by atoms with E-state index in [2.05, 4.69) is 22.3 Å². The van der Waals surface area contributed by atoms with E-state index in [4.69, 9.17) is 11.6 Å². The minimum absolute atomic E-state index is 0. The van der Waals surface area contributed by atoms with Gasteiger partial charge in [-0.3, -0.25) is 4.79 Å².